The number of hydrogen-bond acceptors (Lipinski definition) is 10. The Kier molecular flexibility index (Phi) is 7.47. The van der Waals surface area contributed by atoms with Gasteiger partial charge in [-0.05, 0) is 0 Å². The summed E-state index contributed by atoms with van der Waals surface area (Å²) in [5, 5.41) is 9.56. The highest BCUT2D eigenvalue weighted by molar-refractivity contribution is 5.70. The number of rotatable bonds is 3. The number of nitrogens with zero attached hydrogens (tertiary/aromatic N) is 4. The number of nitrogens with one attached hydrogen (secondary N) is 3. The minimum atomic E-state index is -0.761. The minimum Gasteiger partial charge on any atom is -0.313 e. The molecule has 3 fully saturated rings. The normalized spacial score (nSPS) is 20.7. The summed E-state index contributed by atoms with van der Waals surface area (Å²) in [6, 6.07) is 0. The van der Waals surface area contributed by atoms with Gasteiger partial charge in [0.05, 0.1) is 0 Å². The van der Waals surface area contributed by atoms with Crippen LogP contribution in [0.5, 0.6) is 0 Å². The first-order valence-corrected chi connectivity index (χ1v) is 9.46. The molecule has 3 rings (SSSR count). The van der Waals surface area contributed by atoms with E-state index in [1.165, 1.54) is 14.7 Å². The third kappa shape index (κ3) is 5.82. The number of piperazine rings is 3. The van der Waals surface area contributed by atoms with Crippen LogP contribution in [0.1, 0.15) is 0 Å². The van der Waals surface area contributed by atoms with Gasteiger partial charge in [0.1, 0.15) is 0 Å². The van der Waals surface area contributed by atoms with Gasteiger partial charge in [-0.1, -0.05) is 0 Å². The SMILES string of the molecule is O=C(ON(OC(=O)N1CCNCC1)OC(=O)N1CCNCC1)N1CCNCC1. The number of carbonyl (C=O) groups excluding carboxylic acids is 3. The van der Waals surface area contributed by atoms with Crippen LogP contribution in [0.3, 0.4) is 0 Å². The summed E-state index contributed by atoms with van der Waals surface area (Å²) in [6.45, 7) is 6.34. The third-order valence-corrected chi connectivity index (χ3v) is 4.58. The van der Waals surface area contributed by atoms with Crippen molar-refractivity contribution < 1.29 is 28.9 Å². The van der Waals surface area contributed by atoms with Crippen molar-refractivity contribution in [1.29, 1.82) is 0 Å². The summed E-state index contributed by atoms with van der Waals surface area (Å²) in [4.78, 5) is 56.4. The molecule has 0 bridgehead atoms. The molecule has 3 heterocycles. The smallest absolute Gasteiger partial charge is 0.313 e. The molecule has 13 nitrogen and oxygen atoms in total. The first-order valence-electron chi connectivity index (χ1n) is 9.46. The molecule has 3 amide bonds. The van der Waals surface area contributed by atoms with Crippen LogP contribution in [-0.4, -0.2) is 117 Å². The predicted octanol–water partition coefficient (Wildman–Crippen LogP) is -1.84. The van der Waals surface area contributed by atoms with Crippen molar-refractivity contribution in [3.63, 3.8) is 0 Å². The molecule has 0 aromatic rings. The van der Waals surface area contributed by atoms with Crippen LogP contribution in [0.4, 0.5) is 14.4 Å². The van der Waals surface area contributed by atoms with Gasteiger partial charge in [0.15, 0.2) is 0 Å². The summed E-state index contributed by atoms with van der Waals surface area (Å²) >= 11 is 0. The van der Waals surface area contributed by atoms with Crippen LogP contribution >= 0.6 is 0 Å². The maximum atomic E-state index is 12.3. The fraction of sp³-hybridized carbons (Fsp3) is 0.800. The van der Waals surface area contributed by atoms with Crippen LogP contribution in [0, 0.1) is 0 Å². The van der Waals surface area contributed by atoms with Gasteiger partial charge >= 0.3 is 18.3 Å². The lowest BCUT2D eigenvalue weighted by Gasteiger charge is -2.31. The number of hydrogen-bond donors (Lipinski definition) is 3. The van der Waals surface area contributed by atoms with Crippen molar-refractivity contribution in [2.75, 3.05) is 78.5 Å². The topological polar surface area (TPSA) is 128 Å². The molecule has 0 aromatic carbocycles. The van der Waals surface area contributed by atoms with Crippen molar-refractivity contribution >= 4 is 18.3 Å². The van der Waals surface area contributed by atoms with Gasteiger partial charge < -0.3 is 30.7 Å². The van der Waals surface area contributed by atoms with Crippen LogP contribution in [-0.2, 0) is 14.5 Å². The second-order valence-corrected chi connectivity index (χ2v) is 6.51. The van der Waals surface area contributed by atoms with Crippen LogP contribution in [0.25, 0.3) is 0 Å². The zero-order valence-electron chi connectivity index (χ0n) is 15.7. The molecular formula is C15H27N7O6. The van der Waals surface area contributed by atoms with E-state index >= 15 is 0 Å². The zero-order valence-corrected chi connectivity index (χ0v) is 15.7. The lowest BCUT2D eigenvalue weighted by molar-refractivity contribution is -0.456. The molecule has 0 radical (unpaired) electrons. The van der Waals surface area contributed by atoms with E-state index in [2.05, 4.69) is 16.0 Å². The second kappa shape index (κ2) is 10.3. The van der Waals surface area contributed by atoms with E-state index in [0.29, 0.717) is 78.5 Å². The maximum Gasteiger partial charge on any atom is 0.434 e. The van der Waals surface area contributed by atoms with Crippen molar-refractivity contribution in [1.82, 2.24) is 36.0 Å². The molecule has 158 valence electrons. The van der Waals surface area contributed by atoms with E-state index in [0.717, 1.165) is 0 Å². The number of carbonyl (C=O) groups is 3. The first kappa shape index (κ1) is 20.4. The Morgan fingerprint density at radius 1 is 0.536 bits per heavy atom. The Balaban J connectivity index is 1.59. The van der Waals surface area contributed by atoms with Gasteiger partial charge in [0.2, 0.25) is 5.39 Å². The monoisotopic (exact) mass is 401 g/mol. The van der Waals surface area contributed by atoms with Crippen LogP contribution in [0.15, 0.2) is 0 Å². The molecule has 3 aliphatic rings. The van der Waals surface area contributed by atoms with Crippen molar-refractivity contribution in [3.05, 3.63) is 0 Å². The molecule has 0 saturated carbocycles. The van der Waals surface area contributed by atoms with Crippen molar-refractivity contribution in [2.45, 2.75) is 0 Å². The second-order valence-electron chi connectivity index (χ2n) is 6.51. The van der Waals surface area contributed by atoms with Gasteiger partial charge in [-0.3, -0.25) is 14.5 Å². The molecule has 0 unspecified atom stereocenters. The summed E-state index contributed by atoms with van der Waals surface area (Å²) in [6.07, 6.45) is -2.28. The van der Waals surface area contributed by atoms with Gasteiger partial charge in [0, 0.05) is 78.5 Å². The highest BCUT2D eigenvalue weighted by Gasteiger charge is 2.31. The Bertz CT molecular complexity index is 471. The molecule has 0 aliphatic carbocycles. The fourth-order valence-electron chi connectivity index (χ4n) is 2.96. The number of amides is 3. The molecule has 3 aliphatic heterocycles. The summed E-state index contributed by atoms with van der Waals surface area (Å²) in [7, 11) is 0. The van der Waals surface area contributed by atoms with Crippen molar-refractivity contribution in [3.8, 4) is 0 Å². The Morgan fingerprint density at radius 3 is 1.04 bits per heavy atom. The molecule has 3 saturated heterocycles. The van der Waals surface area contributed by atoms with Gasteiger partial charge in [-0.15, -0.1) is 0 Å². The molecule has 3 N–H and O–H groups in total. The van der Waals surface area contributed by atoms with Crippen molar-refractivity contribution in [2.24, 2.45) is 0 Å². The summed E-state index contributed by atoms with van der Waals surface area (Å²) in [5.74, 6) is 0. The molecular weight excluding hydrogens is 374 g/mol. The lowest BCUT2D eigenvalue weighted by Crippen LogP contribution is -2.52. The standard InChI is InChI=1S/C15H27N7O6/c23-13(19-7-1-16-2-8-19)26-22(27-14(24)20-9-3-17-4-10-20)28-15(25)21-11-5-18-6-12-21/h16-18H,1-12H2. The zero-order chi connectivity index (χ0) is 19.8. The molecule has 0 spiro atoms. The van der Waals surface area contributed by atoms with E-state index in [1.807, 2.05) is 0 Å². The Labute approximate surface area is 162 Å². The van der Waals surface area contributed by atoms with E-state index in [4.69, 9.17) is 14.5 Å². The minimum absolute atomic E-state index is 0.221. The first-order chi connectivity index (χ1) is 13.6. The molecule has 13 heteroatoms. The average Bonchev–Trinajstić information content (AvgIpc) is 2.75. The third-order valence-electron chi connectivity index (χ3n) is 4.58. The predicted molar refractivity (Wildman–Crippen MR) is 94.6 cm³/mol. The molecule has 0 aromatic heterocycles. The van der Waals surface area contributed by atoms with Gasteiger partial charge in [-0.2, -0.15) is 0 Å². The summed E-state index contributed by atoms with van der Waals surface area (Å²) in [5.41, 5.74) is 0. The summed E-state index contributed by atoms with van der Waals surface area (Å²) < 4.78 is 0. The molecule has 0 atom stereocenters. The van der Waals surface area contributed by atoms with E-state index in [9.17, 15) is 14.4 Å². The molecule has 28 heavy (non-hydrogen) atoms. The van der Waals surface area contributed by atoms with E-state index in [-0.39, 0.29) is 5.39 Å². The largest absolute Gasteiger partial charge is 0.434 e. The highest BCUT2D eigenvalue weighted by atomic mass is 17.2. The average molecular weight is 401 g/mol. The van der Waals surface area contributed by atoms with E-state index in [1.54, 1.807) is 0 Å². The maximum absolute atomic E-state index is 12.3. The lowest BCUT2D eigenvalue weighted by atomic mass is 10.4. The quantitative estimate of drug-likeness (QED) is 0.464. The van der Waals surface area contributed by atoms with Gasteiger partial charge in [0.25, 0.3) is 0 Å². The Morgan fingerprint density at radius 2 is 0.786 bits per heavy atom. The Hall–Kier alpha value is -2.35. The van der Waals surface area contributed by atoms with E-state index < -0.39 is 18.3 Å². The highest BCUT2D eigenvalue weighted by Crippen LogP contribution is 2.08. The van der Waals surface area contributed by atoms with Gasteiger partial charge in [-0.25, -0.2) is 14.4 Å². The van der Waals surface area contributed by atoms with Crippen LogP contribution in [0.2, 0.25) is 0 Å². The van der Waals surface area contributed by atoms with Crippen LogP contribution < -0.4 is 16.0 Å². The fourth-order valence-corrected chi connectivity index (χ4v) is 2.96.